The second-order valence-electron chi connectivity index (χ2n) is 7.90. The van der Waals surface area contributed by atoms with E-state index in [1.54, 1.807) is 25.3 Å². The molecule has 37 heavy (non-hydrogen) atoms. The number of carbonyl (C=O) groups is 2. The van der Waals surface area contributed by atoms with Crippen molar-refractivity contribution >= 4 is 79.1 Å². The highest BCUT2D eigenvalue weighted by atomic mass is 127. The molecule has 0 bridgehead atoms. The standard InChI is InChI=1S/C27H22BrIN2O5S/c1-3-35-22-12-17(11-21(29)24(22)36-15-16-7-9-19(28)10-8-16)13-23-25(32)31(2)27(37-23)30-20-6-4-5-18(14-20)26(33)34/h4-14H,3,15H2,1-2H3,(H,33,34). The fourth-order valence-corrected chi connectivity index (χ4v) is 5.46. The lowest BCUT2D eigenvalue weighted by Crippen LogP contribution is -2.23. The molecule has 1 heterocycles. The molecule has 1 aliphatic heterocycles. The third kappa shape index (κ3) is 6.74. The maximum atomic E-state index is 12.9. The summed E-state index contributed by atoms with van der Waals surface area (Å²) in [5.41, 5.74) is 2.42. The van der Waals surface area contributed by atoms with Crippen LogP contribution in [-0.4, -0.2) is 40.7 Å². The van der Waals surface area contributed by atoms with E-state index in [0.29, 0.717) is 40.5 Å². The Kier molecular flexibility index (Phi) is 8.93. The molecule has 3 aromatic carbocycles. The number of benzene rings is 3. The van der Waals surface area contributed by atoms with Gasteiger partial charge in [-0.25, -0.2) is 9.79 Å². The first-order valence-corrected chi connectivity index (χ1v) is 13.9. The van der Waals surface area contributed by atoms with Gasteiger partial charge in [0.05, 0.1) is 26.3 Å². The van der Waals surface area contributed by atoms with Crippen LogP contribution < -0.4 is 9.47 Å². The van der Waals surface area contributed by atoms with Crippen molar-refractivity contribution in [2.75, 3.05) is 13.7 Å². The molecule has 190 valence electrons. The quantitative estimate of drug-likeness (QED) is 0.203. The first kappa shape index (κ1) is 27.2. The van der Waals surface area contributed by atoms with E-state index in [2.05, 4.69) is 43.5 Å². The van der Waals surface area contributed by atoms with E-state index in [9.17, 15) is 14.7 Å². The number of hydrogen-bond acceptors (Lipinski definition) is 6. The van der Waals surface area contributed by atoms with Gasteiger partial charge in [0.25, 0.3) is 5.91 Å². The van der Waals surface area contributed by atoms with E-state index >= 15 is 0 Å². The molecule has 0 aliphatic carbocycles. The maximum Gasteiger partial charge on any atom is 0.335 e. The zero-order valence-corrected chi connectivity index (χ0v) is 24.5. The van der Waals surface area contributed by atoms with Crippen LogP contribution in [0.15, 0.2) is 75.0 Å². The fraction of sp³-hybridized carbons (Fsp3) is 0.148. The molecular formula is C27H22BrIN2O5S. The van der Waals surface area contributed by atoms with Crippen LogP contribution in [0.2, 0.25) is 0 Å². The molecule has 1 N–H and O–H groups in total. The number of carboxylic acids is 1. The van der Waals surface area contributed by atoms with Crippen molar-refractivity contribution in [3.8, 4) is 11.5 Å². The van der Waals surface area contributed by atoms with Gasteiger partial charge in [0, 0.05) is 11.5 Å². The third-order valence-corrected chi connectivity index (χ3v) is 7.64. The number of carbonyl (C=O) groups excluding carboxylic acids is 1. The van der Waals surface area contributed by atoms with Crippen LogP contribution >= 0.6 is 50.3 Å². The Hall–Kier alpha value is -2.83. The fourth-order valence-electron chi connectivity index (χ4n) is 3.43. The number of aromatic carboxylic acids is 1. The Balaban J connectivity index is 1.59. The van der Waals surface area contributed by atoms with Gasteiger partial charge in [-0.3, -0.25) is 9.69 Å². The largest absolute Gasteiger partial charge is 0.490 e. The number of likely N-dealkylation sites (N-methyl/N-ethyl adjacent to an activating group) is 1. The number of rotatable bonds is 8. The molecule has 1 aliphatic rings. The lowest BCUT2D eigenvalue weighted by molar-refractivity contribution is -0.121. The summed E-state index contributed by atoms with van der Waals surface area (Å²) in [6.45, 7) is 2.77. The molecule has 0 saturated carbocycles. The molecule has 1 saturated heterocycles. The van der Waals surface area contributed by atoms with Crippen LogP contribution in [0.4, 0.5) is 5.69 Å². The van der Waals surface area contributed by atoms with Crippen LogP contribution in [0.3, 0.4) is 0 Å². The predicted molar refractivity (Wildman–Crippen MR) is 158 cm³/mol. The minimum atomic E-state index is -1.03. The number of amidine groups is 1. The molecule has 10 heteroatoms. The zero-order chi connectivity index (χ0) is 26.5. The Morgan fingerprint density at radius 1 is 1.16 bits per heavy atom. The second kappa shape index (κ2) is 12.1. The molecule has 7 nitrogen and oxygen atoms in total. The summed E-state index contributed by atoms with van der Waals surface area (Å²) >= 11 is 6.88. The van der Waals surface area contributed by atoms with Crippen molar-refractivity contribution in [1.29, 1.82) is 0 Å². The van der Waals surface area contributed by atoms with Gasteiger partial charge in [-0.05, 0) is 101 Å². The van der Waals surface area contributed by atoms with E-state index in [4.69, 9.17) is 9.47 Å². The van der Waals surface area contributed by atoms with Crippen molar-refractivity contribution in [3.63, 3.8) is 0 Å². The van der Waals surface area contributed by atoms with Gasteiger partial charge in [0.15, 0.2) is 16.7 Å². The monoisotopic (exact) mass is 692 g/mol. The molecule has 0 aromatic heterocycles. The van der Waals surface area contributed by atoms with Crippen LogP contribution in [0.5, 0.6) is 11.5 Å². The summed E-state index contributed by atoms with van der Waals surface area (Å²) in [7, 11) is 1.64. The first-order chi connectivity index (χ1) is 17.7. The summed E-state index contributed by atoms with van der Waals surface area (Å²) in [5, 5.41) is 9.69. The number of aliphatic imine (C=N–C) groups is 1. The Bertz CT molecular complexity index is 1410. The average Bonchev–Trinajstić information content (AvgIpc) is 3.12. The van der Waals surface area contributed by atoms with E-state index in [1.807, 2.05) is 43.3 Å². The highest BCUT2D eigenvalue weighted by Gasteiger charge is 2.30. The van der Waals surface area contributed by atoms with E-state index in [1.165, 1.54) is 28.8 Å². The average molecular weight is 693 g/mol. The smallest absolute Gasteiger partial charge is 0.335 e. The van der Waals surface area contributed by atoms with Crippen molar-refractivity contribution in [3.05, 3.63) is 90.3 Å². The molecule has 4 rings (SSSR count). The van der Waals surface area contributed by atoms with Crippen LogP contribution in [-0.2, 0) is 11.4 Å². The lowest BCUT2D eigenvalue weighted by atomic mass is 10.1. The summed E-state index contributed by atoms with van der Waals surface area (Å²) in [6.07, 6.45) is 1.79. The van der Waals surface area contributed by atoms with Crippen molar-refractivity contribution < 1.29 is 24.2 Å². The van der Waals surface area contributed by atoms with Gasteiger partial charge < -0.3 is 14.6 Å². The lowest BCUT2D eigenvalue weighted by Gasteiger charge is -2.15. The van der Waals surface area contributed by atoms with E-state index in [0.717, 1.165) is 19.2 Å². The number of hydrogen-bond donors (Lipinski definition) is 1. The van der Waals surface area contributed by atoms with Gasteiger partial charge in [-0.1, -0.05) is 34.1 Å². The Morgan fingerprint density at radius 2 is 1.92 bits per heavy atom. The maximum absolute atomic E-state index is 12.9. The van der Waals surface area contributed by atoms with Gasteiger partial charge in [0.2, 0.25) is 0 Å². The second-order valence-corrected chi connectivity index (χ2v) is 11.0. The van der Waals surface area contributed by atoms with Crippen molar-refractivity contribution in [1.82, 2.24) is 4.90 Å². The van der Waals surface area contributed by atoms with E-state index in [-0.39, 0.29) is 11.5 Å². The number of nitrogens with zero attached hydrogens (tertiary/aromatic N) is 2. The first-order valence-electron chi connectivity index (χ1n) is 11.2. The summed E-state index contributed by atoms with van der Waals surface area (Å²) in [5.74, 6) is 0.0222. The van der Waals surface area contributed by atoms with Gasteiger partial charge in [0.1, 0.15) is 6.61 Å². The van der Waals surface area contributed by atoms with Crippen molar-refractivity contribution in [2.24, 2.45) is 4.99 Å². The third-order valence-electron chi connectivity index (χ3n) is 5.25. The van der Waals surface area contributed by atoms with Crippen LogP contribution in [0.1, 0.15) is 28.4 Å². The minimum Gasteiger partial charge on any atom is -0.490 e. The van der Waals surface area contributed by atoms with Crippen LogP contribution in [0, 0.1) is 3.57 Å². The van der Waals surface area contributed by atoms with Crippen LogP contribution in [0.25, 0.3) is 6.08 Å². The summed E-state index contributed by atoms with van der Waals surface area (Å²) in [4.78, 5) is 30.6. The van der Waals surface area contributed by atoms with Crippen molar-refractivity contribution in [2.45, 2.75) is 13.5 Å². The van der Waals surface area contributed by atoms with Gasteiger partial charge >= 0.3 is 5.97 Å². The van der Waals surface area contributed by atoms with Gasteiger partial charge in [-0.15, -0.1) is 0 Å². The number of amides is 1. The number of thioether (sulfide) groups is 1. The predicted octanol–water partition coefficient (Wildman–Crippen LogP) is 6.96. The zero-order valence-electron chi connectivity index (χ0n) is 19.9. The summed E-state index contributed by atoms with van der Waals surface area (Å²) in [6, 6.07) is 18.0. The molecule has 0 spiro atoms. The number of ether oxygens (including phenoxy) is 2. The topological polar surface area (TPSA) is 88.4 Å². The summed E-state index contributed by atoms with van der Waals surface area (Å²) < 4.78 is 13.8. The molecule has 0 unspecified atom stereocenters. The highest BCUT2D eigenvalue weighted by molar-refractivity contribution is 14.1. The molecule has 3 aromatic rings. The minimum absolute atomic E-state index is 0.134. The number of halogens is 2. The molecule has 0 atom stereocenters. The highest BCUT2D eigenvalue weighted by Crippen LogP contribution is 2.38. The SMILES string of the molecule is CCOc1cc(C=C2SC(=Nc3cccc(C(=O)O)c3)N(C)C2=O)cc(I)c1OCc1ccc(Br)cc1. The normalized spacial score (nSPS) is 15.5. The molecule has 0 radical (unpaired) electrons. The van der Waals surface area contributed by atoms with Gasteiger partial charge in [-0.2, -0.15) is 0 Å². The van der Waals surface area contributed by atoms with E-state index < -0.39 is 5.97 Å². The Labute approximate surface area is 240 Å². The molecule has 1 fully saturated rings. The Morgan fingerprint density at radius 3 is 2.62 bits per heavy atom. The molecule has 1 amide bonds. The molecular weight excluding hydrogens is 671 g/mol. The number of carboxylic acid groups (broad SMARTS) is 1.